The van der Waals surface area contributed by atoms with Crippen molar-refractivity contribution in [1.29, 1.82) is 0 Å². The van der Waals surface area contributed by atoms with Crippen molar-refractivity contribution in [2.24, 2.45) is 5.92 Å². The van der Waals surface area contributed by atoms with E-state index in [1.54, 1.807) is 0 Å². The number of hydrogen-bond donors (Lipinski definition) is 1. The molecule has 3 rings (SSSR count). The normalized spacial score (nSPS) is 18.0. The second-order valence-corrected chi connectivity index (χ2v) is 9.39. The van der Waals surface area contributed by atoms with Gasteiger partial charge < -0.3 is 5.32 Å². The predicted octanol–water partition coefficient (Wildman–Crippen LogP) is 2.25. The van der Waals surface area contributed by atoms with E-state index < -0.39 is 15.8 Å². The van der Waals surface area contributed by atoms with Gasteiger partial charge in [0.25, 0.3) is 0 Å². The van der Waals surface area contributed by atoms with Gasteiger partial charge in [-0.1, -0.05) is 0 Å². The third-order valence-corrected chi connectivity index (χ3v) is 7.03. The summed E-state index contributed by atoms with van der Waals surface area (Å²) < 4.78 is 41.9. The molecule has 1 aromatic carbocycles. The maximum atomic E-state index is 13.1. The Morgan fingerprint density at radius 2 is 2.00 bits per heavy atom. The predicted molar refractivity (Wildman–Crippen MR) is 107 cm³/mol. The number of benzene rings is 1. The maximum absolute atomic E-state index is 13.1. The van der Waals surface area contributed by atoms with Crippen molar-refractivity contribution >= 4 is 15.9 Å². The molecule has 0 radical (unpaired) electrons. The van der Waals surface area contributed by atoms with Crippen molar-refractivity contribution < 1.29 is 17.6 Å². The van der Waals surface area contributed by atoms with Gasteiger partial charge in [0.1, 0.15) is 5.82 Å². The van der Waals surface area contributed by atoms with Crippen LogP contribution < -0.4 is 5.32 Å². The lowest BCUT2D eigenvalue weighted by atomic mass is 9.99. The topological polar surface area (TPSA) is 84.3 Å². The second kappa shape index (κ2) is 9.04. The van der Waals surface area contributed by atoms with Gasteiger partial charge in [-0.25, -0.2) is 12.8 Å². The first-order valence-corrected chi connectivity index (χ1v) is 11.3. The summed E-state index contributed by atoms with van der Waals surface area (Å²) in [5, 5.41) is 7.31. The molecule has 1 aliphatic rings. The van der Waals surface area contributed by atoms with Crippen LogP contribution in [0.3, 0.4) is 0 Å². The van der Waals surface area contributed by atoms with Crippen LogP contribution in [-0.2, 0) is 21.4 Å². The number of carbonyl (C=O) groups is 1. The Labute approximate surface area is 171 Å². The number of halogens is 1. The number of piperidine rings is 1. The number of rotatable bonds is 7. The minimum Gasteiger partial charge on any atom is -0.356 e. The molecule has 1 saturated heterocycles. The fraction of sp³-hybridized carbons (Fsp3) is 0.500. The number of carbonyl (C=O) groups excluding carboxylic acids is 1. The van der Waals surface area contributed by atoms with E-state index in [4.69, 9.17) is 0 Å². The minimum atomic E-state index is -3.73. The third kappa shape index (κ3) is 5.22. The van der Waals surface area contributed by atoms with Crippen molar-refractivity contribution in [1.82, 2.24) is 19.4 Å². The van der Waals surface area contributed by atoms with Crippen molar-refractivity contribution in [2.75, 3.05) is 19.6 Å². The molecule has 1 aliphatic heterocycles. The fourth-order valence-electron chi connectivity index (χ4n) is 3.62. The highest BCUT2D eigenvalue weighted by Crippen LogP contribution is 2.24. The molecule has 1 amide bonds. The number of hydrogen-bond acceptors (Lipinski definition) is 4. The zero-order valence-corrected chi connectivity index (χ0v) is 17.6. The highest BCUT2D eigenvalue weighted by molar-refractivity contribution is 7.89. The lowest BCUT2D eigenvalue weighted by Crippen LogP contribution is -2.45. The Balaban J connectivity index is 1.52. The summed E-state index contributed by atoms with van der Waals surface area (Å²) in [4.78, 5) is 12.6. The van der Waals surface area contributed by atoms with Crippen LogP contribution in [0.15, 0.2) is 35.2 Å². The molecule has 1 fully saturated rings. The van der Waals surface area contributed by atoms with Gasteiger partial charge in [0.2, 0.25) is 15.9 Å². The van der Waals surface area contributed by atoms with E-state index in [9.17, 15) is 17.6 Å². The van der Waals surface area contributed by atoms with Gasteiger partial charge in [0.15, 0.2) is 0 Å². The molecule has 9 heteroatoms. The monoisotopic (exact) mass is 422 g/mol. The number of aromatic nitrogens is 2. The average molecular weight is 423 g/mol. The second-order valence-electron chi connectivity index (χ2n) is 7.45. The summed E-state index contributed by atoms with van der Waals surface area (Å²) in [6, 6.07) is 6.78. The number of nitrogens with zero attached hydrogens (tertiary/aromatic N) is 3. The number of aryl methyl sites for hydroxylation is 3. The number of nitrogens with one attached hydrogen (secondary N) is 1. The van der Waals surface area contributed by atoms with E-state index >= 15 is 0 Å². The van der Waals surface area contributed by atoms with Gasteiger partial charge in [-0.3, -0.25) is 9.48 Å². The third-order valence-electron chi connectivity index (χ3n) is 5.16. The molecule has 0 bridgehead atoms. The van der Waals surface area contributed by atoms with Crippen LogP contribution in [0.2, 0.25) is 0 Å². The lowest BCUT2D eigenvalue weighted by Gasteiger charge is -2.31. The molecule has 2 heterocycles. The Morgan fingerprint density at radius 1 is 1.28 bits per heavy atom. The van der Waals surface area contributed by atoms with E-state index in [0.717, 1.165) is 36.5 Å². The van der Waals surface area contributed by atoms with Crippen LogP contribution in [0.25, 0.3) is 0 Å². The molecule has 1 N–H and O–H groups in total. The van der Waals surface area contributed by atoms with Crippen LogP contribution in [0, 0.1) is 25.6 Å². The summed E-state index contributed by atoms with van der Waals surface area (Å²) in [6.45, 7) is 5.68. The Kier molecular flexibility index (Phi) is 6.69. The summed E-state index contributed by atoms with van der Waals surface area (Å²) in [5.41, 5.74) is 2.05. The molecule has 1 aromatic heterocycles. The van der Waals surface area contributed by atoms with Crippen LogP contribution in [0.1, 0.15) is 30.7 Å². The summed E-state index contributed by atoms with van der Waals surface area (Å²) >= 11 is 0. The molecule has 2 aromatic rings. The molecule has 7 nitrogen and oxygen atoms in total. The average Bonchev–Trinajstić information content (AvgIpc) is 3.02. The van der Waals surface area contributed by atoms with Crippen LogP contribution >= 0.6 is 0 Å². The summed E-state index contributed by atoms with van der Waals surface area (Å²) in [7, 11) is -3.73. The van der Waals surface area contributed by atoms with Gasteiger partial charge >= 0.3 is 0 Å². The van der Waals surface area contributed by atoms with Gasteiger partial charge in [-0.05, 0) is 63.4 Å². The summed E-state index contributed by atoms with van der Waals surface area (Å²) in [6.07, 6.45) is 2.01. The van der Waals surface area contributed by atoms with E-state index in [0.29, 0.717) is 25.9 Å². The molecule has 0 spiro atoms. The standard InChI is InChI=1S/C20H27FN4O3S/c1-15-13-16(2)25(23-15)12-4-10-22-20(26)17-5-3-11-24(14-17)29(27,28)19-8-6-18(21)7-9-19/h6-9,13,17H,3-5,10-12,14H2,1-2H3,(H,22,26). The van der Waals surface area contributed by atoms with E-state index in [-0.39, 0.29) is 23.3 Å². The largest absolute Gasteiger partial charge is 0.356 e. The first-order valence-electron chi connectivity index (χ1n) is 9.82. The van der Waals surface area contributed by atoms with E-state index in [2.05, 4.69) is 10.4 Å². The smallest absolute Gasteiger partial charge is 0.243 e. The molecular weight excluding hydrogens is 395 g/mol. The van der Waals surface area contributed by atoms with Gasteiger partial charge in [-0.15, -0.1) is 0 Å². The first kappa shape index (κ1) is 21.4. The first-order chi connectivity index (χ1) is 13.8. The molecule has 1 atom stereocenters. The van der Waals surface area contributed by atoms with E-state index in [1.807, 2.05) is 24.6 Å². The number of amides is 1. The van der Waals surface area contributed by atoms with Gasteiger partial charge in [0, 0.05) is 31.9 Å². The van der Waals surface area contributed by atoms with Crippen molar-refractivity contribution in [3.8, 4) is 0 Å². The Hall–Kier alpha value is -2.26. The highest BCUT2D eigenvalue weighted by atomic mass is 32.2. The van der Waals surface area contributed by atoms with Crippen molar-refractivity contribution in [2.45, 2.75) is 44.6 Å². The van der Waals surface area contributed by atoms with Gasteiger partial charge in [-0.2, -0.15) is 9.40 Å². The van der Waals surface area contributed by atoms with Crippen molar-refractivity contribution in [3.63, 3.8) is 0 Å². The molecule has 29 heavy (non-hydrogen) atoms. The highest BCUT2D eigenvalue weighted by Gasteiger charge is 2.33. The van der Waals surface area contributed by atoms with Crippen molar-refractivity contribution in [3.05, 3.63) is 47.5 Å². The Bertz CT molecular complexity index is 957. The quantitative estimate of drug-likeness (QED) is 0.694. The fourth-order valence-corrected chi connectivity index (χ4v) is 5.14. The molecule has 1 unspecified atom stereocenters. The maximum Gasteiger partial charge on any atom is 0.243 e. The Morgan fingerprint density at radius 3 is 2.66 bits per heavy atom. The molecule has 0 aliphatic carbocycles. The van der Waals surface area contributed by atoms with Crippen LogP contribution in [0.5, 0.6) is 0 Å². The molecule has 158 valence electrons. The van der Waals surface area contributed by atoms with Crippen LogP contribution in [0.4, 0.5) is 4.39 Å². The molecule has 0 saturated carbocycles. The minimum absolute atomic E-state index is 0.0462. The summed E-state index contributed by atoms with van der Waals surface area (Å²) in [5.74, 6) is -0.995. The lowest BCUT2D eigenvalue weighted by molar-refractivity contribution is -0.126. The van der Waals surface area contributed by atoms with Crippen LogP contribution in [-0.4, -0.2) is 48.0 Å². The zero-order valence-electron chi connectivity index (χ0n) is 16.8. The van der Waals surface area contributed by atoms with Gasteiger partial charge in [0.05, 0.1) is 16.5 Å². The van der Waals surface area contributed by atoms with E-state index in [1.165, 1.54) is 16.4 Å². The SMILES string of the molecule is Cc1cc(C)n(CCCNC(=O)C2CCCN(S(=O)(=O)c3ccc(F)cc3)C2)n1. The number of sulfonamides is 1. The zero-order chi connectivity index (χ0) is 21.0. The molecular formula is C20H27FN4O3S.